The Bertz CT molecular complexity index is 570. The van der Waals surface area contributed by atoms with E-state index in [1.807, 2.05) is 24.3 Å². The molecule has 0 amide bonds. The number of halogens is 2. The topological polar surface area (TPSA) is 30.7 Å². The van der Waals surface area contributed by atoms with Crippen molar-refractivity contribution in [1.29, 1.82) is 0 Å². The van der Waals surface area contributed by atoms with E-state index in [0.717, 1.165) is 22.2 Å². The van der Waals surface area contributed by atoms with Gasteiger partial charge in [-0.25, -0.2) is 0 Å². The first-order valence-corrected chi connectivity index (χ1v) is 7.07. The Morgan fingerprint density at radius 3 is 2.32 bits per heavy atom. The summed E-state index contributed by atoms with van der Waals surface area (Å²) in [5.41, 5.74) is 0.938. The molecule has 102 valence electrons. The number of hydrogen-bond acceptors (Lipinski definition) is 2. The molecule has 0 atom stereocenters. The van der Waals surface area contributed by atoms with Gasteiger partial charge in [-0.3, -0.25) is 0 Å². The van der Waals surface area contributed by atoms with E-state index in [-0.39, 0.29) is 5.54 Å². The molecule has 0 aliphatic rings. The number of nitrogens with zero attached hydrogens (tertiary/aromatic N) is 3. The maximum atomic E-state index is 6.20. The van der Waals surface area contributed by atoms with Gasteiger partial charge in [-0.15, -0.1) is 21.8 Å². The zero-order chi connectivity index (χ0) is 14.0. The molecule has 3 nitrogen and oxygen atoms in total. The highest BCUT2D eigenvalue weighted by Crippen LogP contribution is 2.24. The lowest BCUT2D eigenvalue weighted by Crippen LogP contribution is -2.26. The van der Waals surface area contributed by atoms with Crippen LogP contribution in [0.4, 0.5) is 0 Å². The number of benzene rings is 1. The Hall–Kier alpha value is -1.06. The van der Waals surface area contributed by atoms with E-state index in [1.54, 1.807) is 0 Å². The summed E-state index contributed by atoms with van der Waals surface area (Å²) in [6.07, 6.45) is 0.654. The van der Waals surface area contributed by atoms with E-state index in [9.17, 15) is 0 Å². The summed E-state index contributed by atoms with van der Waals surface area (Å²) < 4.78 is 2.09. The number of hydrogen-bond donors (Lipinski definition) is 0. The van der Waals surface area contributed by atoms with Crippen LogP contribution in [0.5, 0.6) is 0 Å². The average molecular weight is 298 g/mol. The van der Waals surface area contributed by atoms with Gasteiger partial charge in [0, 0.05) is 17.0 Å². The van der Waals surface area contributed by atoms with E-state index in [1.165, 1.54) is 0 Å². The fraction of sp³-hybridized carbons (Fsp3) is 0.429. The van der Waals surface area contributed by atoms with E-state index in [0.29, 0.717) is 12.3 Å². The first-order valence-electron chi connectivity index (χ1n) is 6.16. The molecule has 0 saturated heterocycles. The van der Waals surface area contributed by atoms with Crippen LogP contribution in [0.1, 0.15) is 38.0 Å². The predicted molar refractivity (Wildman–Crippen MR) is 78.8 cm³/mol. The first kappa shape index (κ1) is 14.4. The molecule has 5 heteroatoms. The molecule has 2 aromatic rings. The maximum absolute atomic E-state index is 6.20. The second kappa shape index (κ2) is 5.51. The molecule has 0 bridgehead atoms. The highest BCUT2D eigenvalue weighted by molar-refractivity contribution is 6.31. The summed E-state index contributed by atoms with van der Waals surface area (Å²) in [5, 5.41) is 9.17. The van der Waals surface area contributed by atoms with E-state index >= 15 is 0 Å². The van der Waals surface area contributed by atoms with Crippen LogP contribution in [0, 0.1) is 0 Å². The molecule has 0 radical (unpaired) electrons. The lowest BCUT2D eigenvalue weighted by Gasteiger charge is -2.24. The second-order valence-corrected chi connectivity index (χ2v) is 6.11. The van der Waals surface area contributed by atoms with Crippen molar-refractivity contribution in [3.63, 3.8) is 0 Å². The Balaban J connectivity index is 2.42. The summed E-state index contributed by atoms with van der Waals surface area (Å²) in [4.78, 5) is 0. The summed E-state index contributed by atoms with van der Waals surface area (Å²) >= 11 is 12.1. The number of alkyl halides is 1. The maximum Gasteiger partial charge on any atom is 0.148 e. The van der Waals surface area contributed by atoms with Gasteiger partial charge in [-0.2, -0.15) is 0 Å². The van der Waals surface area contributed by atoms with E-state index in [4.69, 9.17) is 23.2 Å². The number of rotatable bonds is 3. The first-order chi connectivity index (χ1) is 8.93. The third-order valence-corrected chi connectivity index (χ3v) is 3.50. The van der Waals surface area contributed by atoms with Crippen molar-refractivity contribution in [2.75, 3.05) is 0 Å². The molecular weight excluding hydrogens is 281 g/mol. The summed E-state index contributed by atoms with van der Waals surface area (Å²) in [5.74, 6) is 2.03. The Kier molecular flexibility index (Phi) is 4.16. The van der Waals surface area contributed by atoms with Crippen molar-refractivity contribution in [1.82, 2.24) is 14.8 Å². The van der Waals surface area contributed by atoms with Crippen molar-refractivity contribution in [2.45, 2.75) is 38.6 Å². The Labute approximate surface area is 123 Å². The fourth-order valence-electron chi connectivity index (χ4n) is 2.14. The van der Waals surface area contributed by atoms with Crippen LogP contribution in [-0.4, -0.2) is 14.8 Å². The van der Waals surface area contributed by atoms with Gasteiger partial charge in [0.2, 0.25) is 0 Å². The molecular formula is C14H17Cl2N3. The predicted octanol–water partition coefficient (Wildman–Crippen LogP) is 4.02. The van der Waals surface area contributed by atoms with Crippen molar-refractivity contribution in [3.8, 4) is 0 Å². The van der Waals surface area contributed by atoms with Gasteiger partial charge in [-0.1, -0.05) is 29.8 Å². The highest BCUT2D eigenvalue weighted by atomic mass is 35.5. The third-order valence-electron chi connectivity index (χ3n) is 2.89. The standard InChI is InChI=1S/C14H17Cl2N3/c1-14(2,3)19-12(17-18-13(19)9-15)8-10-6-4-5-7-11(10)16/h4-7H,8-9H2,1-3H3. The van der Waals surface area contributed by atoms with Crippen LogP contribution in [0.2, 0.25) is 5.02 Å². The molecule has 0 unspecified atom stereocenters. The SMILES string of the molecule is CC(C)(C)n1c(CCl)nnc1Cc1ccccc1Cl. The quantitative estimate of drug-likeness (QED) is 0.801. The third kappa shape index (κ3) is 3.10. The molecule has 1 aromatic heterocycles. The highest BCUT2D eigenvalue weighted by Gasteiger charge is 2.22. The van der Waals surface area contributed by atoms with Gasteiger partial charge < -0.3 is 4.57 Å². The lowest BCUT2D eigenvalue weighted by molar-refractivity contribution is 0.375. The van der Waals surface area contributed by atoms with Crippen molar-refractivity contribution in [2.24, 2.45) is 0 Å². The summed E-state index contributed by atoms with van der Waals surface area (Å²) in [7, 11) is 0. The molecule has 0 aliphatic carbocycles. The van der Waals surface area contributed by atoms with Crippen molar-refractivity contribution >= 4 is 23.2 Å². The van der Waals surface area contributed by atoms with Gasteiger partial charge in [0.25, 0.3) is 0 Å². The van der Waals surface area contributed by atoms with Crippen molar-refractivity contribution in [3.05, 3.63) is 46.5 Å². The van der Waals surface area contributed by atoms with E-state index < -0.39 is 0 Å². The second-order valence-electron chi connectivity index (χ2n) is 5.44. The van der Waals surface area contributed by atoms with Crippen LogP contribution in [0.25, 0.3) is 0 Å². The summed E-state index contributed by atoms with van der Waals surface area (Å²) in [6.45, 7) is 6.34. The van der Waals surface area contributed by atoms with Gasteiger partial charge in [0.15, 0.2) is 0 Å². The minimum atomic E-state index is -0.107. The van der Waals surface area contributed by atoms with Crippen LogP contribution in [0.3, 0.4) is 0 Å². The van der Waals surface area contributed by atoms with Gasteiger partial charge in [0.05, 0.1) is 5.88 Å². The summed E-state index contributed by atoms with van der Waals surface area (Å²) in [6, 6.07) is 7.79. The van der Waals surface area contributed by atoms with Crippen LogP contribution < -0.4 is 0 Å². The van der Waals surface area contributed by atoms with Gasteiger partial charge in [-0.05, 0) is 32.4 Å². The molecule has 2 rings (SSSR count). The average Bonchev–Trinajstić information content (AvgIpc) is 2.75. The number of aromatic nitrogens is 3. The van der Waals surface area contributed by atoms with Crippen molar-refractivity contribution < 1.29 is 0 Å². The monoisotopic (exact) mass is 297 g/mol. The van der Waals surface area contributed by atoms with Crippen LogP contribution in [0.15, 0.2) is 24.3 Å². The van der Waals surface area contributed by atoms with Crippen LogP contribution >= 0.6 is 23.2 Å². The van der Waals surface area contributed by atoms with E-state index in [2.05, 4.69) is 35.5 Å². The minimum Gasteiger partial charge on any atom is -0.308 e. The van der Waals surface area contributed by atoms with Crippen LogP contribution in [-0.2, 0) is 17.8 Å². The van der Waals surface area contributed by atoms with Gasteiger partial charge >= 0.3 is 0 Å². The molecule has 0 N–H and O–H groups in total. The molecule has 1 heterocycles. The smallest absolute Gasteiger partial charge is 0.148 e. The largest absolute Gasteiger partial charge is 0.308 e. The fourth-order valence-corrected chi connectivity index (χ4v) is 2.52. The normalized spacial score (nSPS) is 11.8. The lowest BCUT2D eigenvalue weighted by atomic mass is 10.1. The molecule has 19 heavy (non-hydrogen) atoms. The Morgan fingerprint density at radius 1 is 1.11 bits per heavy atom. The molecule has 0 aliphatic heterocycles. The van der Waals surface area contributed by atoms with Gasteiger partial charge in [0.1, 0.15) is 11.6 Å². The molecule has 1 aromatic carbocycles. The zero-order valence-corrected chi connectivity index (χ0v) is 12.8. The Morgan fingerprint density at radius 2 is 1.74 bits per heavy atom. The minimum absolute atomic E-state index is 0.107. The molecule has 0 fully saturated rings. The zero-order valence-electron chi connectivity index (χ0n) is 11.3. The molecule has 0 saturated carbocycles. The molecule has 0 spiro atoms.